The molecular weight excluding hydrogens is 1230 g/mol. The van der Waals surface area contributed by atoms with E-state index < -0.39 is 0 Å². The summed E-state index contributed by atoms with van der Waals surface area (Å²) in [5.74, 6) is 34.6. The van der Waals surface area contributed by atoms with Crippen LogP contribution in [0, 0.1) is 47.4 Å². The van der Waals surface area contributed by atoms with Crippen molar-refractivity contribution in [2.24, 2.45) is 0 Å². The Balaban J connectivity index is 0.819. The minimum atomic E-state index is -0.354. The van der Waals surface area contributed by atoms with Crippen LogP contribution in [0.5, 0.6) is 0 Å². The third-order valence-electron chi connectivity index (χ3n) is 19.4. The molecule has 0 atom stereocenters. The summed E-state index contributed by atoms with van der Waals surface area (Å²) < 4.78 is 4.94. The Bertz CT molecular complexity index is 3800. The van der Waals surface area contributed by atoms with Crippen molar-refractivity contribution in [1.82, 2.24) is 0 Å². The number of hydrogen-bond donors (Lipinski definition) is 0. The fourth-order valence-corrected chi connectivity index (χ4v) is 21.4. The normalized spacial score (nSPS) is 22.6. The van der Waals surface area contributed by atoms with Gasteiger partial charge in [-0.3, -0.25) is 0 Å². The van der Waals surface area contributed by atoms with Gasteiger partial charge < -0.3 is 19.4 Å². The number of rotatable bonds is 8. The van der Waals surface area contributed by atoms with Crippen LogP contribution in [0.1, 0.15) is 116 Å². The Labute approximate surface area is 562 Å². The van der Waals surface area contributed by atoms with Gasteiger partial charge in [0.1, 0.15) is 0 Å². The Morgan fingerprint density at radius 1 is 0.297 bits per heavy atom. The van der Waals surface area contributed by atoms with E-state index in [1.807, 2.05) is 76.9 Å². The van der Waals surface area contributed by atoms with E-state index in [-0.39, 0.29) is 27.6 Å². The van der Waals surface area contributed by atoms with E-state index in [4.69, 9.17) is 4.74 Å². The number of methoxy groups -OCH3 is 1. The monoisotopic (exact) mass is 1300 g/mol. The summed E-state index contributed by atoms with van der Waals surface area (Å²) in [5.41, 5.74) is 17.3. The van der Waals surface area contributed by atoms with Crippen molar-refractivity contribution in [3.05, 3.63) is 266 Å². The van der Waals surface area contributed by atoms with Gasteiger partial charge in [-0.05, 0) is 228 Å². The summed E-state index contributed by atoms with van der Waals surface area (Å²) >= 11 is 0. The zero-order chi connectivity index (χ0) is 61.5. The number of esters is 1. The van der Waals surface area contributed by atoms with Gasteiger partial charge in [0.2, 0.25) is 0 Å². The lowest BCUT2D eigenvalue weighted by atomic mass is 9.32. The number of benzene rings is 8. The molecule has 11 heteroatoms. The average Bonchev–Trinajstić information content (AvgIpc) is 0.848. The molecule has 7 aliphatic rings. The highest BCUT2D eigenvalue weighted by Crippen LogP contribution is 2.75. The molecule has 4 bridgehead atoms. The summed E-state index contributed by atoms with van der Waals surface area (Å²) in [5, 5.41) is 0. The van der Waals surface area contributed by atoms with Crippen molar-refractivity contribution in [2.45, 2.75) is 60.2 Å². The molecule has 91 heavy (non-hydrogen) atoms. The van der Waals surface area contributed by atoms with Crippen molar-refractivity contribution in [3.63, 3.8) is 0 Å². The summed E-state index contributed by atoms with van der Waals surface area (Å²) in [6, 6.07) is 71.4. The Kier molecular flexibility index (Phi) is 18.7. The van der Waals surface area contributed by atoms with E-state index >= 15 is 0 Å². The zero-order valence-electron chi connectivity index (χ0n) is 51.3. The number of ether oxygens (including phenoxy) is 1. The molecule has 0 aromatic heterocycles. The Hall–Kier alpha value is -7.03. The quantitative estimate of drug-likeness (QED) is 0.0829. The molecule has 0 radical (unpaired) electrons. The molecule has 8 aromatic carbocycles. The molecule has 8 aromatic rings. The maximum Gasteiger partial charge on any atom is 0.337 e. The third-order valence-corrected chi connectivity index (χ3v) is 26.5. The molecule has 3 saturated heterocycles. The van der Waals surface area contributed by atoms with Gasteiger partial charge in [-0.2, -0.15) is 0 Å². The van der Waals surface area contributed by atoms with Gasteiger partial charge in [0.05, 0.1) is 12.7 Å². The molecule has 454 valence electrons. The molecule has 4 aliphatic carbocycles. The summed E-state index contributed by atoms with van der Waals surface area (Å²) in [6.45, 7) is 6.45. The van der Waals surface area contributed by atoms with E-state index in [1.54, 1.807) is 12.1 Å². The highest BCUT2D eigenvalue weighted by Gasteiger charge is 2.69. The minimum Gasteiger partial charge on any atom is -0.465 e. The van der Waals surface area contributed by atoms with Gasteiger partial charge in [-0.15, -0.1) is 0 Å². The number of anilines is 3. The topological polar surface area (TPSA) is 36.0 Å². The molecule has 5 nitrogen and oxygen atoms in total. The first-order valence-corrected chi connectivity index (χ1v) is 39.1. The summed E-state index contributed by atoms with van der Waals surface area (Å²) in [7, 11) is 13.3. The first-order valence-electron chi connectivity index (χ1n) is 31.7. The van der Waals surface area contributed by atoms with Crippen LogP contribution in [0.15, 0.2) is 194 Å². The maximum absolute atomic E-state index is 12.2. The summed E-state index contributed by atoms with van der Waals surface area (Å²) in [6.07, 6.45) is 6.29. The second-order valence-corrected chi connectivity index (χ2v) is 33.2. The largest absolute Gasteiger partial charge is 0.465 e. The average molecular weight is 1300 g/mol. The van der Waals surface area contributed by atoms with Crippen LogP contribution in [-0.2, 0) is 26.4 Å². The first kappa shape index (κ1) is 61.5. The Morgan fingerprint density at radius 2 is 0.484 bits per heavy atom. The van der Waals surface area contributed by atoms with E-state index in [0.717, 1.165) is 157 Å². The van der Waals surface area contributed by atoms with Crippen molar-refractivity contribution in [3.8, 4) is 47.4 Å². The fourth-order valence-electron chi connectivity index (χ4n) is 15.5. The van der Waals surface area contributed by atoms with Crippen molar-refractivity contribution < 1.29 is 9.53 Å². The molecular formula is C80H71N3O2S6. The van der Waals surface area contributed by atoms with Gasteiger partial charge in [-0.1, -0.05) is 161 Å². The molecule has 0 amide bonds. The van der Waals surface area contributed by atoms with Crippen LogP contribution in [-0.4, -0.2) is 86.9 Å². The first-order chi connectivity index (χ1) is 44.7. The van der Waals surface area contributed by atoms with Crippen LogP contribution in [0.4, 0.5) is 17.1 Å². The number of carbonyl (C=O) groups excluding carboxylic acids is 1. The third kappa shape index (κ3) is 13.9. The predicted octanol–water partition coefficient (Wildman–Crippen LogP) is 17.1. The van der Waals surface area contributed by atoms with E-state index in [2.05, 4.69) is 232 Å². The SMILES string of the molecule is COC(=O)c1ccc(C#Cc2ccc(C34CC5(c6ccc(C#Cc7ccc(N8CCSSCC8)cc7)cc6)CC(c6ccc(C#Cc7ccc(N8CCSSCC8)cc7)cc6)(C3)CC(c3ccc(C#Cc6ccc(N7CCSSCC7)cc6)cc3)(C4)C5)cc2)cc1. The van der Waals surface area contributed by atoms with Crippen LogP contribution in [0.25, 0.3) is 0 Å². The number of nitrogens with zero attached hydrogens (tertiary/aromatic N) is 3. The van der Waals surface area contributed by atoms with Gasteiger partial charge in [0.25, 0.3) is 0 Å². The maximum atomic E-state index is 12.2. The fraction of sp³-hybridized carbons (Fsp3) is 0.287. The lowest BCUT2D eigenvalue weighted by Gasteiger charge is -2.71. The van der Waals surface area contributed by atoms with Crippen LogP contribution in [0.2, 0.25) is 0 Å². The van der Waals surface area contributed by atoms with Crippen LogP contribution < -0.4 is 14.7 Å². The van der Waals surface area contributed by atoms with Gasteiger partial charge >= 0.3 is 5.97 Å². The van der Waals surface area contributed by atoms with E-state index in [9.17, 15) is 4.79 Å². The molecule has 3 aliphatic heterocycles. The molecule has 0 unspecified atom stereocenters. The molecule has 4 saturated carbocycles. The van der Waals surface area contributed by atoms with Crippen LogP contribution >= 0.6 is 64.8 Å². The highest BCUT2D eigenvalue weighted by molar-refractivity contribution is 8.77. The lowest BCUT2D eigenvalue weighted by molar-refractivity contribution is -0.0691. The number of carbonyl (C=O) groups is 1. The predicted molar refractivity (Wildman–Crippen MR) is 393 cm³/mol. The van der Waals surface area contributed by atoms with Crippen molar-refractivity contribution >= 4 is 87.8 Å². The lowest BCUT2D eigenvalue weighted by Crippen LogP contribution is -2.67. The van der Waals surface area contributed by atoms with Crippen molar-refractivity contribution in [1.29, 1.82) is 0 Å². The van der Waals surface area contributed by atoms with Gasteiger partial charge in [-0.25, -0.2) is 4.79 Å². The number of hydrogen-bond acceptors (Lipinski definition) is 11. The second kappa shape index (κ2) is 27.7. The molecule has 3 heterocycles. The van der Waals surface area contributed by atoms with Crippen molar-refractivity contribution in [2.75, 3.05) is 95.6 Å². The zero-order valence-corrected chi connectivity index (χ0v) is 56.2. The van der Waals surface area contributed by atoms with Gasteiger partial charge in [0, 0.05) is 135 Å². The van der Waals surface area contributed by atoms with Crippen LogP contribution in [0.3, 0.4) is 0 Å². The molecule has 0 N–H and O–H groups in total. The highest BCUT2D eigenvalue weighted by atomic mass is 33.1. The standard InChI is InChI=1S/C80H71N3O2S6/c1-85-76(84)68-26-10-60(11-27-68)2-3-61-12-28-69(29-13-61)77-54-78(70-30-14-62(15-31-70)4-7-65-20-36-73(37-21-65)81-42-48-86-87-49-43-81)57-79(55-77,71-32-16-63(17-33-71)5-8-66-22-38-74(39-23-66)82-44-50-88-89-51-45-82)59-80(56-77,58-78)72-34-18-64(19-35-72)6-9-67-24-40-75(41-25-67)83-46-52-90-91-53-47-83/h10-41H,42-59H2,1H3. The van der Waals surface area contributed by atoms with E-state index in [0.29, 0.717) is 5.56 Å². The summed E-state index contributed by atoms with van der Waals surface area (Å²) in [4.78, 5) is 19.7. The van der Waals surface area contributed by atoms with Gasteiger partial charge in [0.15, 0.2) is 0 Å². The van der Waals surface area contributed by atoms with E-state index in [1.165, 1.54) is 46.4 Å². The minimum absolute atomic E-state index is 0.152. The molecule has 15 rings (SSSR count). The second-order valence-electron chi connectivity index (χ2n) is 25.1. The smallest absolute Gasteiger partial charge is 0.337 e. The molecule has 0 spiro atoms. The Morgan fingerprint density at radius 3 is 0.681 bits per heavy atom. The molecule has 7 fully saturated rings.